The van der Waals surface area contributed by atoms with Crippen LogP contribution in [0, 0.1) is 0 Å². The van der Waals surface area contributed by atoms with Gasteiger partial charge in [-0.15, -0.1) is 0 Å². The van der Waals surface area contributed by atoms with Gasteiger partial charge in [-0.1, -0.05) is 78.6 Å². The highest BCUT2D eigenvalue weighted by Gasteiger charge is 2.59. The topological polar surface area (TPSA) is 101 Å². The second-order valence-corrected chi connectivity index (χ2v) is 11.1. The molecule has 0 unspecified atom stereocenters. The molecule has 1 saturated heterocycles. The Bertz CT molecular complexity index is 994. The number of carbonyl (C=O) groups is 1. The fourth-order valence-electron chi connectivity index (χ4n) is 5.45. The van der Waals surface area contributed by atoms with E-state index in [1.165, 1.54) is 0 Å². The number of nitrogens with zero attached hydrogens (tertiary/aromatic N) is 5. The molecular formula is C24H31N6O2P. The van der Waals surface area contributed by atoms with Crippen molar-refractivity contribution in [2.75, 3.05) is 6.54 Å². The summed E-state index contributed by atoms with van der Waals surface area (Å²) < 4.78 is 19.1. The number of fused-ring (bicyclic) bond motifs is 1. The Hall–Kier alpha value is -2.63. The summed E-state index contributed by atoms with van der Waals surface area (Å²) in [5.74, 6) is -0.523. The Morgan fingerprint density at radius 1 is 1.00 bits per heavy atom. The lowest BCUT2D eigenvalue weighted by Crippen LogP contribution is -2.41. The van der Waals surface area contributed by atoms with Gasteiger partial charge in [0, 0.05) is 29.1 Å². The molecule has 1 N–H and O–H groups in total. The summed E-state index contributed by atoms with van der Waals surface area (Å²) in [5.41, 5.74) is 10.8. The summed E-state index contributed by atoms with van der Waals surface area (Å²) in [4.78, 5) is 15.5. The highest BCUT2D eigenvalue weighted by Crippen LogP contribution is 2.66. The third-order valence-electron chi connectivity index (χ3n) is 6.91. The van der Waals surface area contributed by atoms with Crippen molar-refractivity contribution < 1.29 is 9.36 Å². The standard InChI is InChI=1S/C24H31N6O2P/c1-18(20-11-5-3-6-12-20)29-22-15-9-10-16-23(22)30(19(2)21-13-7-4-8-14-21)33(29,32)27-24(31)17-26-28-25/h3-8,11-14,18-19,22-23H,9-10,15-17H2,1-2H3,(H,27,31,32)/t18-,19-,22+,23+/m1/s1. The first-order chi connectivity index (χ1) is 16.0. The van der Waals surface area contributed by atoms with Crippen molar-refractivity contribution in [3.8, 4) is 0 Å². The molecule has 174 valence electrons. The Kier molecular flexibility index (Phi) is 7.20. The highest BCUT2D eigenvalue weighted by atomic mass is 31.2. The average Bonchev–Trinajstić information content (AvgIpc) is 3.10. The van der Waals surface area contributed by atoms with Crippen molar-refractivity contribution in [1.29, 1.82) is 0 Å². The van der Waals surface area contributed by atoms with E-state index in [0.29, 0.717) is 0 Å². The predicted octanol–water partition coefficient (Wildman–Crippen LogP) is 5.97. The van der Waals surface area contributed by atoms with E-state index in [2.05, 4.69) is 38.3 Å². The lowest BCUT2D eigenvalue weighted by molar-refractivity contribution is -0.118. The lowest BCUT2D eigenvalue weighted by Gasteiger charge is -2.38. The Morgan fingerprint density at radius 3 is 1.88 bits per heavy atom. The maximum Gasteiger partial charge on any atom is 0.312 e. The number of amides is 1. The molecular weight excluding hydrogens is 435 g/mol. The molecule has 1 aliphatic carbocycles. The van der Waals surface area contributed by atoms with E-state index in [1.54, 1.807) is 0 Å². The molecule has 4 atom stereocenters. The van der Waals surface area contributed by atoms with E-state index < -0.39 is 13.5 Å². The smallest absolute Gasteiger partial charge is 0.283 e. The van der Waals surface area contributed by atoms with Crippen molar-refractivity contribution in [3.63, 3.8) is 0 Å². The monoisotopic (exact) mass is 466 g/mol. The molecule has 2 aromatic rings. The predicted molar refractivity (Wildman–Crippen MR) is 129 cm³/mol. The zero-order chi connectivity index (χ0) is 23.4. The Morgan fingerprint density at radius 2 is 1.45 bits per heavy atom. The lowest BCUT2D eigenvalue weighted by atomic mass is 9.88. The van der Waals surface area contributed by atoms with Gasteiger partial charge in [0.1, 0.15) is 6.54 Å². The molecule has 1 heterocycles. The van der Waals surface area contributed by atoms with Gasteiger partial charge in [-0.3, -0.25) is 14.4 Å². The summed E-state index contributed by atoms with van der Waals surface area (Å²) in [6.07, 6.45) is 3.99. The zero-order valence-corrected chi connectivity index (χ0v) is 20.0. The minimum absolute atomic E-state index is 0.0609. The minimum atomic E-state index is -3.55. The van der Waals surface area contributed by atoms with E-state index in [1.807, 2.05) is 60.7 Å². The summed E-state index contributed by atoms with van der Waals surface area (Å²) in [6, 6.07) is 19.8. The van der Waals surface area contributed by atoms with Gasteiger partial charge in [0.2, 0.25) is 5.91 Å². The van der Waals surface area contributed by atoms with Crippen LogP contribution in [-0.2, 0) is 9.36 Å². The van der Waals surface area contributed by atoms with E-state index in [9.17, 15) is 4.79 Å². The number of hydrogen-bond acceptors (Lipinski definition) is 3. The third kappa shape index (κ3) is 4.57. The van der Waals surface area contributed by atoms with Gasteiger partial charge in [-0.05, 0) is 43.3 Å². The first-order valence-electron chi connectivity index (χ1n) is 11.6. The largest absolute Gasteiger partial charge is 0.312 e. The Balaban J connectivity index is 1.81. The fraction of sp³-hybridized carbons (Fsp3) is 0.458. The first kappa shape index (κ1) is 23.5. The number of rotatable bonds is 7. The molecule has 33 heavy (non-hydrogen) atoms. The molecule has 0 aromatic heterocycles. The molecule has 0 bridgehead atoms. The van der Waals surface area contributed by atoms with Crippen LogP contribution in [0.1, 0.15) is 62.7 Å². The van der Waals surface area contributed by atoms with Crippen molar-refractivity contribution in [2.24, 2.45) is 5.11 Å². The normalized spacial score (nSPS) is 24.3. The molecule has 2 aliphatic rings. The second-order valence-electron chi connectivity index (χ2n) is 8.82. The van der Waals surface area contributed by atoms with E-state index >= 15 is 4.57 Å². The molecule has 1 aliphatic heterocycles. The van der Waals surface area contributed by atoms with Gasteiger partial charge in [-0.25, -0.2) is 9.34 Å². The molecule has 1 saturated carbocycles. The van der Waals surface area contributed by atoms with E-state index in [-0.39, 0.29) is 30.7 Å². The van der Waals surface area contributed by atoms with Crippen LogP contribution in [0.4, 0.5) is 0 Å². The number of benzene rings is 2. The van der Waals surface area contributed by atoms with Crippen LogP contribution >= 0.6 is 7.59 Å². The van der Waals surface area contributed by atoms with Gasteiger partial charge < -0.3 is 0 Å². The third-order valence-corrected chi connectivity index (χ3v) is 9.98. The Labute approximate surface area is 195 Å². The fourth-order valence-corrected chi connectivity index (χ4v) is 8.87. The number of carbonyl (C=O) groups excluding carboxylic acids is 1. The summed E-state index contributed by atoms with van der Waals surface area (Å²) >= 11 is 0. The zero-order valence-electron chi connectivity index (χ0n) is 19.1. The van der Waals surface area contributed by atoms with Gasteiger partial charge in [-0.2, -0.15) is 0 Å². The molecule has 1 amide bonds. The quantitative estimate of drug-likeness (QED) is 0.235. The van der Waals surface area contributed by atoms with Crippen LogP contribution in [0.3, 0.4) is 0 Å². The van der Waals surface area contributed by atoms with E-state index in [0.717, 1.165) is 36.8 Å². The summed E-state index contributed by atoms with van der Waals surface area (Å²) in [6.45, 7) is 3.74. The molecule has 4 rings (SSSR count). The van der Waals surface area contributed by atoms with Crippen LogP contribution in [0.2, 0.25) is 0 Å². The summed E-state index contributed by atoms with van der Waals surface area (Å²) in [5, 5.41) is 6.25. The summed E-state index contributed by atoms with van der Waals surface area (Å²) in [7, 11) is -3.55. The molecule has 2 aromatic carbocycles. The van der Waals surface area contributed by atoms with Gasteiger partial charge in [0.15, 0.2) is 0 Å². The van der Waals surface area contributed by atoms with Gasteiger partial charge in [0.25, 0.3) is 0 Å². The van der Waals surface area contributed by atoms with Gasteiger partial charge >= 0.3 is 7.59 Å². The first-order valence-corrected chi connectivity index (χ1v) is 13.2. The van der Waals surface area contributed by atoms with Crippen molar-refractivity contribution in [3.05, 3.63) is 82.2 Å². The maximum atomic E-state index is 15.0. The number of nitrogens with one attached hydrogen (secondary N) is 1. The van der Waals surface area contributed by atoms with Crippen LogP contribution in [0.5, 0.6) is 0 Å². The van der Waals surface area contributed by atoms with Crippen molar-refractivity contribution >= 4 is 13.5 Å². The highest BCUT2D eigenvalue weighted by molar-refractivity contribution is 7.58. The number of azide groups is 1. The van der Waals surface area contributed by atoms with Crippen molar-refractivity contribution in [1.82, 2.24) is 14.4 Å². The molecule has 0 radical (unpaired) electrons. The number of hydrogen-bond donors (Lipinski definition) is 1. The van der Waals surface area contributed by atoms with Crippen LogP contribution in [-0.4, -0.2) is 33.9 Å². The van der Waals surface area contributed by atoms with Gasteiger partial charge in [0.05, 0.1) is 0 Å². The maximum absolute atomic E-state index is 15.0. The van der Waals surface area contributed by atoms with Crippen molar-refractivity contribution in [2.45, 2.75) is 63.7 Å². The van der Waals surface area contributed by atoms with Crippen LogP contribution < -0.4 is 5.09 Å². The molecule has 8 nitrogen and oxygen atoms in total. The van der Waals surface area contributed by atoms with Crippen LogP contribution in [0.25, 0.3) is 10.4 Å². The SMILES string of the molecule is C[C@H](c1ccccc1)N1[C@H]2CCCC[C@@H]2N([C@H](C)c2ccccc2)P1(=O)NC(=O)CN=[N+]=[N-]. The molecule has 2 fully saturated rings. The van der Waals surface area contributed by atoms with E-state index in [4.69, 9.17) is 5.53 Å². The average molecular weight is 467 g/mol. The second kappa shape index (κ2) is 10.1. The van der Waals surface area contributed by atoms with Crippen LogP contribution in [0.15, 0.2) is 65.8 Å². The minimum Gasteiger partial charge on any atom is -0.283 e. The molecule has 0 spiro atoms. The molecule has 9 heteroatoms.